The Bertz CT molecular complexity index is 1130. The summed E-state index contributed by atoms with van der Waals surface area (Å²) in [4.78, 5) is 21.5. The zero-order valence-corrected chi connectivity index (χ0v) is 17.0. The molecule has 4 rings (SSSR count). The highest BCUT2D eigenvalue weighted by molar-refractivity contribution is 6.11. The lowest BCUT2D eigenvalue weighted by Gasteiger charge is -2.10. The first kappa shape index (κ1) is 20.0. The van der Waals surface area contributed by atoms with Crippen molar-refractivity contribution in [1.29, 1.82) is 0 Å². The van der Waals surface area contributed by atoms with Gasteiger partial charge in [-0.3, -0.25) is 4.79 Å². The first-order valence-corrected chi connectivity index (χ1v) is 9.04. The molecular weight excluding hydrogens is 374 g/mol. The van der Waals surface area contributed by atoms with Gasteiger partial charge in [-0.2, -0.15) is 0 Å². The van der Waals surface area contributed by atoms with Gasteiger partial charge in [0.15, 0.2) is 0 Å². The average molecular weight is 398 g/mol. The Kier molecular flexibility index (Phi) is 5.77. The normalized spacial score (nSPS) is 11.1. The third-order valence-electron chi connectivity index (χ3n) is 4.79. The molecule has 0 saturated heterocycles. The van der Waals surface area contributed by atoms with Crippen molar-refractivity contribution in [2.24, 2.45) is 0 Å². The molecule has 0 aliphatic carbocycles. The number of nitrogens with zero attached hydrogens (tertiary/aromatic N) is 1. The van der Waals surface area contributed by atoms with Crippen LogP contribution in [0.5, 0.6) is 5.75 Å². The second-order valence-electron chi connectivity index (χ2n) is 7.14. The Labute approximate surface area is 170 Å². The molecule has 2 N–H and O–H groups in total. The number of aryl methyl sites for hydroxylation is 1. The number of aromatic nitrogens is 2. The van der Waals surface area contributed by atoms with Crippen LogP contribution >= 0.6 is 12.4 Å². The van der Waals surface area contributed by atoms with Gasteiger partial charge in [-0.1, -0.05) is 0 Å². The molecule has 0 saturated carbocycles. The minimum Gasteiger partial charge on any atom is -0.492 e. The summed E-state index contributed by atoms with van der Waals surface area (Å²) in [7, 11) is 4.03. The molecule has 2 aromatic heterocycles. The van der Waals surface area contributed by atoms with Gasteiger partial charge in [-0.15, -0.1) is 12.4 Å². The summed E-state index contributed by atoms with van der Waals surface area (Å²) < 4.78 is 5.79. The van der Waals surface area contributed by atoms with Crippen LogP contribution in [0.4, 0.5) is 0 Å². The molecule has 0 bridgehead atoms. The molecule has 5 nitrogen and oxygen atoms in total. The van der Waals surface area contributed by atoms with Crippen LogP contribution in [0.25, 0.3) is 21.8 Å². The van der Waals surface area contributed by atoms with Crippen molar-refractivity contribution in [3.05, 3.63) is 65.5 Å². The molecule has 0 spiro atoms. The van der Waals surface area contributed by atoms with Crippen LogP contribution < -0.4 is 4.74 Å². The van der Waals surface area contributed by atoms with Crippen LogP contribution in [0.15, 0.2) is 48.7 Å². The third kappa shape index (κ3) is 3.91. The maximum Gasteiger partial charge on any atom is 0.209 e. The summed E-state index contributed by atoms with van der Waals surface area (Å²) in [5.41, 5.74) is 4.37. The maximum atomic E-state index is 12.9. The smallest absolute Gasteiger partial charge is 0.209 e. The van der Waals surface area contributed by atoms with E-state index in [1.54, 1.807) is 0 Å². The van der Waals surface area contributed by atoms with Crippen molar-refractivity contribution in [3.8, 4) is 5.75 Å². The van der Waals surface area contributed by atoms with Crippen molar-refractivity contribution in [2.75, 3.05) is 27.2 Å². The van der Waals surface area contributed by atoms with E-state index in [-0.39, 0.29) is 18.2 Å². The lowest BCUT2D eigenvalue weighted by Crippen LogP contribution is -2.19. The van der Waals surface area contributed by atoms with E-state index in [0.717, 1.165) is 39.7 Å². The third-order valence-corrected chi connectivity index (χ3v) is 4.79. The number of nitrogens with one attached hydrogen (secondary N) is 2. The second-order valence-corrected chi connectivity index (χ2v) is 7.14. The van der Waals surface area contributed by atoms with Crippen LogP contribution in [0.1, 0.15) is 21.6 Å². The number of likely N-dealkylation sites (N-methyl/N-ethyl adjacent to an activating group) is 1. The summed E-state index contributed by atoms with van der Waals surface area (Å²) >= 11 is 0. The number of rotatable bonds is 6. The van der Waals surface area contributed by atoms with Crippen LogP contribution in [0.3, 0.4) is 0 Å². The summed E-state index contributed by atoms with van der Waals surface area (Å²) in [6, 6.07) is 13.5. The van der Waals surface area contributed by atoms with Gasteiger partial charge in [0.2, 0.25) is 5.78 Å². The van der Waals surface area contributed by atoms with Crippen molar-refractivity contribution < 1.29 is 9.53 Å². The number of ether oxygens (including phenoxy) is 1. The van der Waals surface area contributed by atoms with E-state index in [2.05, 4.69) is 14.9 Å². The van der Waals surface area contributed by atoms with E-state index >= 15 is 0 Å². The number of H-pyrrole nitrogens is 2. The van der Waals surface area contributed by atoms with Crippen molar-refractivity contribution >= 4 is 40.0 Å². The number of hydrogen-bond acceptors (Lipinski definition) is 3. The number of hydrogen-bond donors (Lipinski definition) is 2. The molecule has 0 unspecified atom stereocenters. The van der Waals surface area contributed by atoms with Gasteiger partial charge in [-0.05, 0) is 69.0 Å². The molecule has 0 aliphatic heterocycles. The molecule has 2 heterocycles. The van der Waals surface area contributed by atoms with Crippen LogP contribution in [0.2, 0.25) is 0 Å². The van der Waals surface area contributed by atoms with Crippen LogP contribution in [0, 0.1) is 6.92 Å². The quantitative estimate of drug-likeness (QED) is 0.469. The fourth-order valence-corrected chi connectivity index (χ4v) is 3.23. The van der Waals surface area contributed by atoms with Crippen molar-refractivity contribution in [1.82, 2.24) is 14.9 Å². The van der Waals surface area contributed by atoms with Crippen molar-refractivity contribution in [2.45, 2.75) is 6.92 Å². The van der Waals surface area contributed by atoms with E-state index in [9.17, 15) is 4.79 Å². The maximum absolute atomic E-state index is 12.9. The summed E-state index contributed by atoms with van der Waals surface area (Å²) in [6.07, 6.45) is 1.96. The topological polar surface area (TPSA) is 61.1 Å². The van der Waals surface area contributed by atoms with Crippen LogP contribution in [-0.4, -0.2) is 47.9 Å². The lowest BCUT2D eigenvalue weighted by atomic mass is 10.0. The number of ketones is 1. The van der Waals surface area contributed by atoms with E-state index in [1.165, 1.54) is 0 Å². The molecule has 6 heteroatoms. The van der Waals surface area contributed by atoms with E-state index in [0.29, 0.717) is 17.9 Å². The Morgan fingerprint density at radius 2 is 1.86 bits per heavy atom. The molecular formula is C22H24ClN3O2. The highest BCUT2D eigenvalue weighted by Gasteiger charge is 2.14. The number of halogens is 1. The van der Waals surface area contributed by atoms with Gasteiger partial charge in [0.05, 0.1) is 5.69 Å². The van der Waals surface area contributed by atoms with Gasteiger partial charge in [0.1, 0.15) is 12.4 Å². The molecule has 0 radical (unpaired) electrons. The number of aromatic amines is 2. The van der Waals surface area contributed by atoms with Crippen LogP contribution in [-0.2, 0) is 0 Å². The van der Waals surface area contributed by atoms with Gasteiger partial charge >= 0.3 is 0 Å². The molecule has 0 fully saturated rings. The number of carbonyl (C=O) groups excluding carboxylic acids is 1. The number of carbonyl (C=O) groups is 1. The minimum absolute atomic E-state index is 0. The minimum atomic E-state index is -0.0104. The van der Waals surface area contributed by atoms with Gasteiger partial charge < -0.3 is 19.6 Å². The standard InChI is InChI=1S/C22H23N3O2.ClH/c1-14-13-23-20-6-4-15(11-18(14)20)22(26)21-12-16-10-17(5-7-19(16)24-21)27-9-8-25(2)3;/h4-7,10-13,23-24H,8-9H2,1-3H3;1H. The predicted octanol–water partition coefficient (Wildman–Crippen LogP) is 4.55. The monoisotopic (exact) mass is 397 g/mol. The van der Waals surface area contributed by atoms with Gasteiger partial charge in [0.25, 0.3) is 0 Å². The molecule has 0 atom stereocenters. The fraction of sp³-hybridized carbons (Fsp3) is 0.227. The fourth-order valence-electron chi connectivity index (χ4n) is 3.23. The largest absolute Gasteiger partial charge is 0.492 e. The summed E-state index contributed by atoms with van der Waals surface area (Å²) in [6.45, 7) is 3.52. The SMILES string of the molecule is Cc1c[nH]c2ccc(C(=O)c3cc4cc(OCCN(C)C)ccc4[nH]3)cc12.Cl. The molecule has 28 heavy (non-hydrogen) atoms. The highest BCUT2D eigenvalue weighted by atomic mass is 35.5. The zero-order valence-electron chi connectivity index (χ0n) is 16.2. The Morgan fingerprint density at radius 3 is 2.64 bits per heavy atom. The highest BCUT2D eigenvalue weighted by Crippen LogP contribution is 2.25. The molecule has 2 aromatic carbocycles. The molecule has 4 aromatic rings. The number of benzene rings is 2. The first-order valence-electron chi connectivity index (χ1n) is 9.04. The second kappa shape index (κ2) is 8.09. The van der Waals surface area contributed by atoms with Gasteiger partial charge in [-0.25, -0.2) is 0 Å². The Morgan fingerprint density at radius 1 is 1.07 bits per heavy atom. The average Bonchev–Trinajstić information content (AvgIpc) is 3.24. The van der Waals surface area contributed by atoms with E-state index < -0.39 is 0 Å². The van der Waals surface area contributed by atoms with Crippen molar-refractivity contribution in [3.63, 3.8) is 0 Å². The Hall–Kier alpha value is -2.76. The summed E-state index contributed by atoms with van der Waals surface area (Å²) in [5.74, 6) is 0.801. The molecule has 0 aliphatic rings. The first-order chi connectivity index (χ1) is 13.0. The molecule has 0 amide bonds. The van der Waals surface area contributed by atoms with E-state index in [4.69, 9.17) is 4.74 Å². The lowest BCUT2D eigenvalue weighted by molar-refractivity contribution is 0.103. The number of fused-ring (bicyclic) bond motifs is 2. The zero-order chi connectivity index (χ0) is 19.0. The predicted molar refractivity (Wildman–Crippen MR) is 116 cm³/mol. The van der Waals surface area contributed by atoms with Gasteiger partial charge in [0, 0.05) is 40.1 Å². The summed E-state index contributed by atoms with van der Waals surface area (Å²) in [5, 5.41) is 2.05. The Balaban J connectivity index is 0.00000225. The molecule has 146 valence electrons. The van der Waals surface area contributed by atoms with E-state index in [1.807, 2.05) is 69.7 Å².